The summed E-state index contributed by atoms with van der Waals surface area (Å²) < 4.78 is 1.01. The maximum Gasteiger partial charge on any atom is 0.253 e. The van der Waals surface area contributed by atoms with Gasteiger partial charge in [-0.2, -0.15) is 0 Å². The van der Waals surface area contributed by atoms with Crippen LogP contribution in [0.2, 0.25) is 0 Å². The van der Waals surface area contributed by atoms with Gasteiger partial charge in [0.1, 0.15) is 11.4 Å². The van der Waals surface area contributed by atoms with Gasteiger partial charge in [-0.15, -0.1) is 0 Å². The van der Waals surface area contributed by atoms with E-state index >= 15 is 0 Å². The topological polar surface area (TPSA) is 63.4 Å². The lowest BCUT2D eigenvalue weighted by molar-refractivity contribution is 0.903. The lowest BCUT2D eigenvalue weighted by Crippen LogP contribution is -2.40. The summed E-state index contributed by atoms with van der Waals surface area (Å²) >= 11 is 3.40. The molecule has 0 aliphatic rings. The Balaban J connectivity index is 2.25. The zero-order chi connectivity index (χ0) is 13.4. The van der Waals surface area contributed by atoms with Crippen LogP contribution in [0.4, 0.5) is 11.4 Å². The molecule has 0 amide bonds. The highest BCUT2D eigenvalue weighted by Crippen LogP contribution is 2.21. The van der Waals surface area contributed by atoms with Crippen LogP contribution in [0, 0.1) is 6.92 Å². The zero-order valence-electron chi connectivity index (χ0n) is 10.2. The van der Waals surface area contributed by atoms with Gasteiger partial charge in [-0.25, -0.2) is 0 Å². The number of anilines is 2. The van der Waals surface area contributed by atoms with Crippen molar-refractivity contribution in [1.29, 1.82) is 0 Å². The van der Waals surface area contributed by atoms with Gasteiger partial charge in [0.2, 0.25) is 0 Å². The third-order valence-electron chi connectivity index (χ3n) is 3.01. The van der Waals surface area contributed by atoms with E-state index in [1.807, 2.05) is 25.1 Å². The van der Waals surface area contributed by atoms with Crippen molar-refractivity contribution in [3.63, 3.8) is 0 Å². The van der Waals surface area contributed by atoms with Gasteiger partial charge < -0.3 is 10.6 Å². The number of hydrogen-bond acceptors (Lipinski definition) is 4. The molecule has 0 radical (unpaired) electrons. The largest absolute Gasteiger partial charge is 0.394 e. The van der Waals surface area contributed by atoms with Gasteiger partial charge in [0.05, 0.1) is 0 Å². The van der Waals surface area contributed by atoms with Gasteiger partial charge in [-0.3, -0.25) is 9.59 Å². The molecule has 0 unspecified atom stereocenters. The molecule has 0 saturated heterocycles. The molecule has 0 saturated carbocycles. The van der Waals surface area contributed by atoms with Gasteiger partial charge >= 0.3 is 0 Å². The Bertz CT molecular complexity index is 672. The number of nitrogens with two attached hydrogens (primary N) is 1. The zero-order valence-corrected chi connectivity index (χ0v) is 11.7. The predicted octanol–water partition coefficient (Wildman–Crippen LogP) is 1.57. The highest BCUT2D eigenvalue weighted by Gasteiger charge is 2.21. The molecule has 0 aromatic heterocycles. The van der Waals surface area contributed by atoms with E-state index < -0.39 is 10.9 Å². The number of nitrogen functional groups attached to an aromatic ring is 1. The van der Waals surface area contributed by atoms with Crippen molar-refractivity contribution in [3.8, 4) is 0 Å². The van der Waals surface area contributed by atoms with Crippen LogP contribution in [0.3, 0.4) is 0 Å². The maximum atomic E-state index is 11.4. The van der Waals surface area contributed by atoms with E-state index in [-0.39, 0.29) is 5.69 Å². The van der Waals surface area contributed by atoms with Crippen molar-refractivity contribution in [2.75, 3.05) is 17.7 Å². The minimum atomic E-state index is -0.579. The van der Waals surface area contributed by atoms with Gasteiger partial charge in [0, 0.05) is 18.1 Å². The predicted molar refractivity (Wildman–Crippen MR) is 76.8 cm³/mol. The highest BCUT2D eigenvalue weighted by molar-refractivity contribution is 9.10. The number of benzene rings is 1. The fourth-order valence-corrected chi connectivity index (χ4v) is 2.42. The molecule has 0 aliphatic heterocycles. The van der Waals surface area contributed by atoms with Crippen molar-refractivity contribution >= 4 is 27.3 Å². The van der Waals surface area contributed by atoms with E-state index in [1.54, 1.807) is 11.9 Å². The Morgan fingerprint density at radius 1 is 1.28 bits per heavy atom. The molecule has 18 heavy (non-hydrogen) atoms. The Labute approximate surface area is 113 Å². The monoisotopic (exact) mass is 308 g/mol. The van der Waals surface area contributed by atoms with Gasteiger partial charge in [-0.05, 0) is 30.2 Å². The van der Waals surface area contributed by atoms with E-state index in [0.29, 0.717) is 12.2 Å². The average molecular weight is 309 g/mol. The minimum absolute atomic E-state index is 0.0669. The number of rotatable bonds is 3. The van der Waals surface area contributed by atoms with E-state index in [9.17, 15) is 9.59 Å². The van der Waals surface area contributed by atoms with Gasteiger partial charge in [-0.1, -0.05) is 22.0 Å². The molecule has 0 bridgehead atoms. The summed E-state index contributed by atoms with van der Waals surface area (Å²) in [5, 5.41) is 0. The van der Waals surface area contributed by atoms with Crippen LogP contribution in [-0.2, 0) is 6.54 Å². The molecule has 2 N–H and O–H groups in total. The van der Waals surface area contributed by atoms with Crippen molar-refractivity contribution in [3.05, 3.63) is 54.2 Å². The second kappa shape index (κ2) is 4.57. The fraction of sp³-hybridized carbons (Fsp3) is 0.231. The average Bonchev–Trinajstić information content (AvgIpc) is 2.32. The molecule has 4 nitrogen and oxygen atoms in total. The number of hydrogen-bond donors (Lipinski definition) is 1. The van der Waals surface area contributed by atoms with Crippen LogP contribution in [0.25, 0.3) is 0 Å². The number of halogens is 1. The molecule has 0 heterocycles. The van der Waals surface area contributed by atoms with Crippen LogP contribution < -0.4 is 21.5 Å². The summed E-state index contributed by atoms with van der Waals surface area (Å²) in [6.45, 7) is 2.55. The second-order valence-corrected chi connectivity index (χ2v) is 5.26. The molecule has 0 fully saturated rings. The molecular formula is C13H13BrN2O2. The maximum absolute atomic E-state index is 11.4. The normalized spacial score (nSPS) is 10.8. The molecule has 2 rings (SSSR count). The third kappa shape index (κ3) is 2.06. The van der Waals surface area contributed by atoms with Crippen LogP contribution in [-0.4, -0.2) is 7.05 Å². The van der Waals surface area contributed by atoms with Gasteiger partial charge in [0.25, 0.3) is 10.9 Å². The summed E-state index contributed by atoms with van der Waals surface area (Å²) in [4.78, 5) is 24.2. The Morgan fingerprint density at radius 2 is 1.94 bits per heavy atom. The van der Waals surface area contributed by atoms with E-state index in [4.69, 9.17) is 5.73 Å². The SMILES string of the molecule is Cc1cc(Br)ccc1CN(C)c1c(N)c(=O)c1=O. The highest BCUT2D eigenvalue weighted by atomic mass is 79.9. The first-order chi connectivity index (χ1) is 8.41. The van der Waals surface area contributed by atoms with E-state index in [1.165, 1.54) is 0 Å². The molecule has 0 spiro atoms. The van der Waals surface area contributed by atoms with Crippen molar-refractivity contribution < 1.29 is 0 Å². The molecule has 2 aromatic carbocycles. The molecule has 2 aromatic rings. The van der Waals surface area contributed by atoms with E-state index in [2.05, 4.69) is 15.9 Å². The van der Waals surface area contributed by atoms with Crippen molar-refractivity contribution in [2.45, 2.75) is 13.5 Å². The Hall–Kier alpha value is -1.62. The second-order valence-electron chi connectivity index (χ2n) is 4.35. The molecule has 0 aliphatic carbocycles. The van der Waals surface area contributed by atoms with Crippen LogP contribution in [0.5, 0.6) is 0 Å². The Kier molecular flexibility index (Phi) is 3.26. The fourth-order valence-electron chi connectivity index (χ4n) is 1.95. The van der Waals surface area contributed by atoms with Crippen LogP contribution in [0.15, 0.2) is 32.3 Å². The standard InChI is InChI=1S/C13H13BrN2O2/c1-7-5-9(14)4-3-8(7)6-16(2)11-10(15)12(17)13(11)18/h3-5H,6,15H2,1-2H3. The minimum Gasteiger partial charge on any atom is -0.394 e. The van der Waals surface area contributed by atoms with Crippen LogP contribution in [0.1, 0.15) is 11.1 Å². The Morgan fingerprint density at radius 3 is 2.50 bits per heavy atom. The smallest absolute Gasteiger partial charge is 0.253 e. The first kappa shape index (κ1) is 12.8. The van der Waals surface area contributed by atoms with Crippen molar-refractivity contribution in [1.82, 2.24) is 0 Å². The summed E-state index contributed by atoms with van der Waals surface area (Å²) in [6, 6.07) is 5.94. The molecule has 5 heteroatoms. The lowest BCUT2D eigenvalue weighted by atomic mass is 10.1. The quantitative estimate of drug-likeness (QED) is 0.874. The summed E-state index contributed by atoms with van der Waals surface area (Å²) in [5.41, 5.74) is 7.06. The van der Waals surface area contributed by atoms with Crippen molar-refractivity contribution in [2.24, 2.45) is 0 Å². The lowest BCUT2D eigenvalue weighted by Gasteiger charge is -2.22. The number of aryl methyl sites for hydroxylation is 1. The first-order valence-corrected chi connectivity index (χ1v) is 6.26. The third-order valence-corrected chi connectivity index (χ3v) is 3.51. The molecular weight excluding hydrogens is 296 g/mol. The summed E-state index contributed by atoms with van der Waals surface area (Å²) in [7, 11) is 1.76. The summed E-state index contributed by atoms with van der Waals surface area (Å²) in [5.74, 6) is 0. The van der Waals surface area contributed by atoms with Crippen LogP contribution >= 0.6 is 15.9 Å². The number of nitrogens with zero attached hydrogens (tertiary/aromatic N) is 1. The summed E-state index contributed by atoms with van der Waals surface area (Å²) in [6.07, 6.45) is 0. The first-order valence-electron chi connectivity index (χ1n) is 5.46. The van der Waals surface area contributed by atoms with E-state index in [0.717, 1.165) is 15.6 Å². The molecule has 0 atom stereocenters. The molecule has 94 valence electrons. The van der Waals surface area contributed by atoms with Gasteiger partial charge in [0.15, 0.2) is 0 Å².